The number of hydrogen-bond donors (Lipinski definition) is 3. The van der Waals surface area contributed by atoms with Crippen LogP contribution in [0.2, 0.25) is 0 Å². The van der Waals surface area contributed by atoms with Gasteiger partial charge in [-0.1, -0.05) is 54.6 Å². The van der Waals surface area contributed by atoms with Crippen molar-refractivity contribution in [1.82, 2.24) is 5.32 Å². The number of carboxylic acids is 1. The Morgan fingerprint density at radius 3 is 2.26 bits per heavy atom. The van der Waals surface area contributed by atoms with E-state index in [0.717, 1.165) is 5.56 Å². The third kappa shape index (κ3) is 4.41. The van der Waals surface area contributed by atoms with Crippen molar-refractivity contribution in [3.63, 3.8) is 0 Å². The molecule has 0 bridgehead atoms. The van der Waals surface area contributed by atoms with Gasteiger partial charge in [0.05, 0.1) is 0 Å². The van der Waals surface area contributed by atoms with Gasteiger partial charge < -0.3 is 15.5 Å². The van der Waals surface area contributed by atoms with Crippen LogP contribution in [-0.2, 0) is 4.79 Å². The molecule has 0 heterocycles. The second-order valence-corrected chi connectivity index (χ2v) is 5.83. The van der Waals surface area contributed by atoms with Gasteiger partial charge in [0.1, 0.15) is 11.4 Å². The van der Waals surface area contributed by atoms with E-state index in [0.29, 0.717) is 16.7 Å². The molecular formula is C22H17NO4. The average molecular weight is 359 g/mol. The quantitative estimate of drug-likeness (QED) is 0.603. The molecule has 0 aliphatic rings. The van der Waals surface area contributed by atoms with Crippen molar-refractivity contribution in [2.45, 2.75) is 0 Å². The number of carbonyl (C=O) groups is 2. The molecule has 0 aromatic heterocycles. The zero-order chi connectivity index (χ0) is 19.2. The molecule has 5 heteroatoms. The first-order chi connectivity index (χ1) is 13.0. The maximum atomic E-state index is 12.2. The normalized spacial score (nSPS) is 11.0. The molecule has 27 heavy (non-hydrogen) atoms. The number of rotatable bonds is 5. The fourth-order valence-corrected chi connectivity index (χ4v) is 2.62. The minimum atomic E-state index is -1.24. The SMILES string of the molecule is O=C(O)/C(=C\c1cccc(-c2ccccc2O)c1)NC(=O)c1ccccc1. The first-order valence-electron chi connectivity index (χ1n) is 8.24. The van der Waals surface area contributed by atoms with Crippen molar-refractivity contribution >= 4 is 18.0 Å². The Balaban J connectivity index is 1.91. The van der Waals surface area contributed by atoms with Crippen LogP contribution in [-0.4, -0.2) is 22.1 Å². The van der Waals surface area contributed by atoms with Crippen LogP contribution in [0.1, 0.15) is 15.9 Å². The highest BCUT2D eigenvalue weighted by atomic mass is 16.4. The van der Waals surface area contributed by atoms with Gasteiger partial charge in [-0.15, -0.1) is 0 Å². The minimum absolute atomic E-state index is 0.134. The minimum Gasteiger partial charge on any atom is -0.507 e. The number of aliphatic carboxylic acids is 1. The molecule has 5 nitrogen and oxygen atoms in total. The summed E-state index contributed by atoms with van der Waals surface area (Å²) in [4.78, 5) is 23.8. The van der Waals surface area contributed by atoms with E-state index in [2.05, 4.69) is 5.32 Å². The van der Waals surface area contributed by atoms with E-state index >= 15 is 0 Å². The maximum Gasteiger partial charge on any atom is 0.352 e. The van der Waals surface area contributed by atoms with Gasteiger partial charge in [0.25, 0.3) is 5.91 Å². The van der Waals surface area contributed by atoms with Crippen molar-refractivity contribution in [2.75, 3.05) is 0 Å². The molecule has 1 amide bonds. The second-order valence-electron chi connectivity index (χ2n) is 5.83. The summed E-state index contributed by atoms with van der Waals surface area (Å²) in [6.07, 6.45) is 1.38. The van der Waals surface area contributed by atoms with Gasteiger partial charge in [0.15, 0.2) is 0 Å². The number of amides is 1. The number of aromatic hydroxyl groups is 1. The average Bonchev–Trinajstić information content (AvgIpc) is 2.68. The summed E-state index contributed by atoms with van der Waals surface area (Å²) in [5.74, 6) is -1.61. The van der Waals surface area contributed by atoms with Crippen LogP contribution >= 0.6 is 0 Å². The Labute approximate surface area is 156 Å². The maximum absolute atomic E-state index is 12.2. The van der Waals surface area contributed by atoms with Crippen LogP contribution in [0.25, 0.3) is 17.2 Å². The molecule has 3 aromatic carbocycles. The topological polar surface area (TPSA) is 86.6 Å². The number of phenolic OH excluding ortho intramolecular Hbond substituents is 1. The van der Waals surface area contributed by atoms with Crippen LogP contribution in [0.15, 0.2) is 84.6 Å². The Morgan fingerprint density at radius 1 is 0.852 bits per heavy atom. The number of phenols is 1. The summed E-state index contributed by atoms with van der Waals surface area (Å²) in [6, 6.07) is 22.3. The molecule has 0 spiro atoms. The number of carbonyl (C=O) groups excluding carboxylic acids is 1. The van der Waals surface area contributed by atoms with Crippen LogP contribution in [0.3, 0.4) is 0 Å². The van der Waals surface area contributed by atoms with E-state index in [4.69, 9.17) is 0 Å². The van der Waals surface area contributed by atoms with E-state index < -0.39 is 11.9 Å². The molecule has 0 aliphatic heterocycles. The number of benzene rings is 3. The predicted octanol–water partition coefficient (Wildman–Crippen LogP) is 3.91. The summed E-state index contributed by atoms with van der Waals surface area (Å²) in [5, 5.41) is 21.9. The number of nitrogens with one attached hydrogen (secondary N) is 1. The van der Waals surface area contributed by atoms with Gasteiger partial charge in [-0.3, -0.25) is 4.79 Å². The van der Waals surface area contributed by atoms with E-state index in [-0.39, 0.29) is 11.4 Å². The Bertz CT molecular complexity index is 1010. The standard InChI is InChI=1S/C22H17NO4/c24-20-12-5-4-11-18(20)17-10-6-7-15(13-17)14-19(22(26)27)23-21(25)16-8-2-1-3-9-16/h1-14,24H,(H,23,25)(H,26,27)/b19-14+. The largest absolute Gasteiger partial charge is 0.507 e. The first kappa shape index (κ1) is 17.9. The van der Waals surface area contributed by atoms with Crippen molar-refractivity contribution < 1.29 is 19.8 Å². The smallest absolute Gasteiger partial charge is 0.352 e. The highest BCUT2D eigenvalue weighted by Crippen LogP contribution is 2.29. The monoisotopic (exact) mass is 359 g/mol. The van der Waals surface area contributed by atoms with Crippen molar-refractivity contribution in [2.24, 2.45) is 0 Å². The molecule has 134 valence electrons. The molecule has 3 aromatic rings. The lowest BCUT2D eigenvalue weighted by Gasteiger charge is -2.08. The van der Waals surface area contributed by atoms with Gasteiger partial charge in [0, 0.05) is 11.1 Å². The number of para-hydroxylation sites is 1. The molecule has 0 saturated carbocycles. The van der Waals surface area contributed by atoms with Crippen molar-refractivity contribution in [3.8, 4) is 16.9 Å². The van der Waals surface area contributed by atoms with Gasteiger partial charge in [0.2, 0.25) is 0 Å². The lowest BCUT2D eigenvalue weighted by Crippen LogP contribution is -2.27. The number of hydrogen-bond acceptors (Lipinski definition) is 3. The molecule has 3 N–H and O–H groups in total. The van der Waals surface area contributed by atoms with E-state index in [1.165, 1.54) is 6.08 Å². The third-order valence-corrected chi connectivity index (χ3v) is 3.93. The van der Waals surface area contributed by atoms with Crippen LogP contribution in [0.4, 0.5) is 0 Å². The lowest BCUT2D eigenvalue weighted by atomic mass is 10.0. The highest BCUT2D eigenvalue weighted by molar-refractivity contribution is 6.02. The van der Waals surface area contributed by atoms with Gasteiger partial charge in [-0.05, 0) is 41.5 Å². The summed E-state index contributed by atoms with van der Waals surface area (Å²) >= 11 is 0. The fraction of sp³-hybridized carbons (Fsp3) is 0. The number of carboxylic acid groups (broad SMARTS) is 1. The van der Waals surface area contributed by atoms with Crippen molar-refractivity contribution in [3.05, 3.63) is 95.7 Å². The zero-order valence-corrected chi connectivity index (χ0v) is 14.3. The molecule has 3 rings (SSSR count). The Morgan fingerprint density at radius 2 is 1.56 bits per heavy atom. The summed E-state index contributed by atoms with van der Waals surface area (Å²) in [5.41, 5.74) is 2.09. The van der Waals surface area contributed by atoms with Crippen molar-refractivity contribution in [1.29, 1.82) is 0 Å². The Kier molecular flexibility index (Phi) is 5.33. The summed E-state index contributed by atoms with van der Waals surface area (Å²) in [6.45, 7) is 0. The highest BCUT2D eigenvalue weighted by Gasteiger charge is 2.13. The summed E-state index contributed by atoms with van der Waals surface area (Å²) < 4.78 is 0. The first-order valence-corrected chi connectivity index (χ1v) is 8.24. The lowest BCUT2D eigenvalue weighted by molar-refractivity contribution is -0.132. The van der Waals surface area contributed by atoms with E-state index in [1.807, 2.05) is 6.07 Å². The molecule has 0 fully saturated rings. The molecule has 0 radical (unpaired) electrons. The molecule has 0 unspecified atom stereocenters. The van der Waals surface area contributed by atoms with E-state index in [1.54, 1.807) is 72.8 Å². The molecule has 0 atom stereocenters. The molecule has 0 aliphatic carbocycles. The van der Waals surface area contributed by atoms with Gasteiger partial charge >= 0.3 is 5.97 Å². The van der Waals surface area contributed by atoms with Gasteiger partial charge in [-0.2, -0.15) is 0 Å². The molecular weight excluding hydrogens is 342 g/mol. The van der Waals surface area contributed by atoms with Crippen LogP contribution in [0, 0.1) is 0 Å². The zero-order valence-electron chi connectivity index (χ0n) is 14.3. The van der Waals surface area contributed by atoms with Gasteiger partial charge in [-0.25, -0.2) is 4.79 Å². The summed E-state index contributed by atoms with van der Waals surface area (Å²) in [7, 11) is 0. The van der Waals surface area contributed by atoms with Crippen LogP contribution < -0.4 is 5.32 Å². The van der Waals surface area contributed by atoms with Crippen LogP contribution in [0.5, 0.6) is 5.75 Å². The second kappa shape index (κ2) is 8.01. The Hall–Kier alpha value is -3.86. The predicted molar refractivity (Wildman–Crippen MR) is 103 cm³/mol. The fourth-order valence-electron chi connectivity index (χ4n) is 2.62. The third-order valence-electron chi connectivity index (χ3n) is 3.93. The van der Waals surface area contributed by atoms with E-state index in [9.17, 15) is 19.8 Å². The molecule has 0 saturated heterocycles.